The zero-order chi connectivity index (χ0) is 17.2. The summed E-state index contributed by atoms with van der Waals surface area (Å²) < 4.78 is 7.26. The third kappa shape index (κ3) is 2.94. The van der Waals surface area contributed by atoms with Gasteiger partial charge in [0.2, 0.25) is 0 Å². The summed E-state index contributed by atoms with van der Waals surface area (Å²) >= 11 is 0. The van der Waals surface area contributed by atoms with E-state index in [1.807, 2.05) is 36.5 Å². The molecule has 3 N–H and O–H groups in total. The number of fused-ring (bicyclic) bond motifs is 2. The van der Waals surface area contributed by atoms with Gasteiger partial charge in [-0.3, -0.25) is 4.99 Å². The number of aliphatic hydroxyl groups excluding tert-OH is 1. The first-order chi connectivity index (χ1) is 12.3. The van der Waals surface area contributed by atoms with Crippen LogP contribution in [0.5, 0.6) is 5.88 Å². The number of allylic oxidation sites excluding steroid dienone is 3. The maximum absolute atomic E-state index is 9.04. The number of hydrogen-bond donors (Lipinski definition) is 2. The van der Waals surface area contributed by atoms with E-state index in [2.05, 4.69) is 10.1 Å². The molecular formula is C18H19N5O2. The first-order valence-electron chi connectivity index (χ1n) is 8.29. The largest absolute Gasteiger partial charge is 0.473 e. The summed E-state index contributed by atoms with van der Waals surface area (Å²) in [5.74, 6) is 0.377. The van der Waals surface area contributed by atoms with Crippen molar-refractivity contribution in [2.75, 3.05) is 19.8 Å². The van der Waals surface area contributed by atoms with Gasteiger partial charge < -0.3 is 15.6 Å². The minimum atomic E-state index is -0.0875. The summed E-state index contributed by atoms with van der Waals surface area (Å²) in [5, 5.41) is 13.4. The van der Waals surface area contributed by atoms with Gasteiger partial charge in [0.25, 0.3) is 5.88 Å². The fraction of sp³-hybridized carbons (Fsp3) is 0.278. The van der Waals surface area contributed by atoms with Crippen LogP contribution in [0.15, 0.2) is 57.8 Å². The number of aromatic nitrogens is 2. The van der Waals surface area contributed by atoms with Crippen LogP contribution < -0.4 is 10.5 Å². The standard InChI is InChI=1S/C18H19N5O2/c19-13-11-14-12(4-3-6-20-14)10-15(13)21-17-16-5-1-2-7-23(16)22-18(17)25-9-8-24/h1-2,5,7,10-11,24H,3-4,6,8-9,19H2. The number of nitrogens with two attached hydrogens (primary N) is 1. The van der Waals surface area contributed by atoms with Gasteiger partial charge in [-0.15, -0.1) is 5.10 Å². The van der Waals surface area contributed by atoms with E-state index in [0.717, 1.165) is 36.2 Å². The van der Waals surface area contributed by atoms with Crippen molar-refractivity contribution in [3.8, 4) is 5.88 Å². The molecule has 1 aliphatic carbocycles. The summed E-state index contributed by atoms with van der Waals surface area (Å²) in [6.07, 6.45) is 7.72. The Kier molecular flexibility index (Phi) is 4.07. The molecule has 25 heavy (non-hydrogen) atoms. The van der Waals surface area contributed by atoms with Gasteiger partial charge in [-0.2, -0.15) is 0 Å². The van der Waals surface area contributed by atoms with Crippen molar-refractivity contribution in [3.05, 3.63) is 47.8 Å². The summed E-state index contributed by atoms with van der Waals surface area (Å²) in [6.45, 7) is 0.914. The normalized spacial score (nSPS) is 18.6. The molecule has 2 aromatic rings. The summed E-state index contributed by atoms with van der Waals surface area (Å²) in [5.41, 5.74) is 11.0. The molecule has 0 bridgehead atoms. The molecule has 0 saturated carbocycles. The molecule has 4 rings (SSSR count). The number of nitrogens with zero attached hydrogens (tertiary/aromatic N) is 4. The van der Waals surface area contributed by atoms with Crippen LogP contribution in [-0.2, 0) is 0 Å². The van der Waals surface area contributed by atoms with E-state index in [0.29, 0.717) is 23.0 Å². The molecule has 0 spiro atoms. The van der Waals surface area contributed by atoms with Crippen LogP contribution in [0.25, 0.3) is 5.52 Å². The van der Waals surface area contributed by atoms with Crippen LogP contribution >= 0.6 is 0 Å². The highest BCUT2D eigenvalue weighted by Gasteiger charge is 2.20. The summed E-state index contributed by atoms with van der Waals surface area (Å²) in [7, 11) is 0. The topological polar surface area (TPSA) is 97.5 Å². The second-order valence-electron chi connectivity index (χ2n) is 5.89. The van der Waals surface area contributed by atoms with E-state index in [4.69, 9.17) is 20.6 Å². The highest BCUT2D eigenvalue weighted by atomic mass is 16.5. The van der Waals surface area contributed by atoms with Gasteiger partial charge in [0.15, 0.2) is 5.69 Å². The van der Waals surface area contributed by atoms with Crippen LogP contribution in [0.3, 0.4) is 0 Å². The number of aliphatic imine (C=N–C) groups is 2. The van der Waals surface area contributed by atoms with E-state index in [-0.39, 0.29) is 13.2 Å². The lowest BCUT2D eigenvalue weighted by molar-refractivity contribution is 0.197. The first-order valence-corrected chi connectivity index (χ1v) is 8.29. The van der Waals surface area contributed by atoms with Crippen LogP contribution in [0.4, 0.5) is 5.69 Å². The monoisotopic (exact) mass is 337 g/mol. The number of aliphatic hydroxyl groups is 1. The van der Waals surface area contributed by atoms with Crippen LogP contribution in [-0.4, -0.2) is 45.9 Å². The molecule has 0 fully saturated rings. The lowest BCUT2D eigenvalue weighted by Gasteiger charge is -2.18. The quantitative estimate of drug-likeness (QED) is 0.831. The fourth-order valence-electron chi connectivity index (χ4n) is 2.98. The molecule has 7 nitrogen and oxygen atoms in total. The third-order valence-corrected chi connectivity index (χ3v) is 4.16. The van der Waals surface area contributed by atoms with Crippen LogP contribution in [0, 0.1) is 0 Å². The van der Waals surface area contributed by atoms with Crippen LogP contribution in [0.2, 0.25) is 0 Å². The van der Waals surface area contributed by atoms with Gasteiger partial charge in [-0.1, -0.05) is 6.07 Å². The fourth-order valence-corrected chi connectivity index (χ4v) is 2.98. The maximum atomic E-state index is 9.04. The second-order valence-corrected chi connectivity index (χ2v) is 5.89. The molecule has 128 valence electrons. The SMILES string of the molecule is NC1=CC2=NCCCC2=CC1=Nc1c(OCCO)nn2ccccc12. The zero-order valence-electron chi connectivity index (χ0n) is 13.7. The molecular weight excluding hydrogens is 318 g/mol. The highest BCUT2D eigenvalue weighted by Crippen LogP contribution is 2.33. The Bertz CT molecular complexity index is 936. The van der Waals surface area contributed by atoms with Gasteiger partial charge in [0, 0.05) is 12.7 Å². The Morgan fingerprint density at radius 2 is 2.24 bits per heavy atom. The smallest absolute Gasteiger partial charge is 0.260 e. The Morgan fingerprint density at radius 3 is 3.12 bits per heavy atom. The molecule has 7 heteroatoms. The van der Waals surface area contributed by atoms with Crippen molar-refractivity contribution in [3.63, 3.8) is 0 Å². The van der Waals surface area contributed by atoms with Crippen molar-refractivity contribution < 1.29 is 9.84 Å². The van der Waals surface area contributed by atoms with Crippen molar-refractivity contribution in [2.45, 2.75) is 12.8 Å². The Hall–Kier alpha value is -2.93. The van der Waals surface area contributed by atoms with Gasteiger partial charge in [0.05, 0.1) is 29.2 Å². The lowest BCUT2D eigenvalue weighted by atomic mass is 9.94. The molecule has 0 radical (unpaired) electrons. The van der Waals surface area contributed by atoms with Crippen molar-refractivity contribution in [1.29, 1.82) is 0 Å². The molecule has 0 atom stereocenters. The molecule has 2 aromatic heterocycles. The lowest BCUT2D eigenvalue weighted by Crippen LogP contribution is -2.21. The van der Waals surface area contributed by atoms with E-state index in [9.17, 15) is 0 Å². The number of pyridine rings is 1. The highest BCUT2D eigenvalue weighted by molar-refractivity contribution is 6.24. The Labute approximate surface area is 144 Å². The van der Waals surface area contributed by atoms with Crippen molar-refractivity contribution in [1.82, 2.24) is 9.61 Å². The number of ether oxygens (including phenoxy) is 1. The van der Waals surface area contributed by atoms with Crippen molar-refractivity contribution >= 4 is 22.6 Å². The molecule has 1 aliphatic heterocycles. The van der Waals surface area contributed by atoms with E-state index < -0.39 is 0 Å². The van der Waals surface area contributed by atoms with Crippen molar-refractivity contribution in [2.24, 2.45) is 15.7 Å². The molecule has 0 saturated heterocycles. The predicted octanol–water partition coefficient (Wildman–Crippen LogP) is 1.80. The van der Waals surface area contributed by atoms with Gasteiger partial charge in [-0.05, 0) is 42.7 Å². The Morgan fingerprint density at radius 1 is 1.32 bits per heavy atom. The molecule has 2 aliphatic rings. The summed E-state index contributed by atoms with van der Waals surface area (Å²) in [4.78, 5) is 9.24. The summed E-state index contributed by atoms with van der Waals surface area (Å²) in [6, 6.07) is 5.72. The average molecular weight is 337 g/mol. The predicted molar refractivity (Wildman–Crippen MR) is 96.8 cm³/mol. The Balaban J connectivity index is 1.81. The molecule has 0 unspecified atom stereocenters. The van der Waals surface area contributed by atoms with E-state index >= 15 is 0 Å². The maximum Gasteiger partial charge on any atom is 0.260 e. The first kappa shape index (κ1) is 15.6. The van der Waals surface area contributed by atoms with E-state index in [1.54, 1.807) is 4.52 Å². The minimum absolute atomic E-state index is 0.0875. The minimum Gasteiger partial charge on any atom is -0.473 e. The van der Waals surface area contributed by atoms with Gasteiger partial charge >= 0.3 is 0 Å². The van der Waals surface area contributed by atoms with E-state index in [1.165, 1.54) is 0 Å². The number of hydrogen-bond acceptors (Lipinski definition) is 6. The van der Waals surface area contributed by atoms with Gasteiger partial charge in [0.1, 0.15) is 6.61 Å². The van der Waals surface area contributed by atoms with Crippen LogP contribution in [0.1, 0.15) is 12.8 Å². The molecule has 0 amide bonds. The average Bonchev–Trinajstić information content (AvgIpc) is 2.98. The molecule has 3 heterocycles. The van der Waals surface area contributed by atoms with Gasteiger partial charge in [-0.25, -0.2) is 9.51 Å². The molecule has 0 aromatic carbocycles. The second kappa shape index (κ2) is 6.52. The zero-order valence-corrected chi connectivity index (χ0v) is 13.7. The number of rotatable bonds is 4. The third-order valence-electron chi connectivity index (χ3n) is 4.16.